The number of nitrogens with one attached hydrogen (secondary N) is 1. The maximum Gasteiger partial charge on any atom is 0.326 e. The first-order valence-corrected chi connectivity index (χ1v) is 5.03. The Hall–Kier alpha value is -2.16. The minimum atomic E-state index is -1.36. The van der Waals surface area contributed by atoms with E-state index in [0.717, 1.165) is 0 Å². The average molecular weight is 261 g/mol. The molecule has 9 nitrogen and oxygen atoms in total. The number of primary amides is 1. The van der Waals surface area contributed by atoms with Crippen molar-refractivity contribution in [3.05, 3.63) is 0 Å². The predicted molar refractivity (Wildman–Crippen MR) is 58.2 cm³/mol. The van der Waals surface area contributed by atoms with E-state index in [4.69, 9.17) is 21.7 Å². The molecule has 9 heteroatoms. The Morgan fingerprint density at radius 3 is 2.11 bits per heavy atom. The van der Waals surface area contributed by atoms with Crippen molar-refractivity contribution in [2.75, 3.05) is 0 Å². The van der Waals surface area contributed by atoms with Gasteiger partial charge < -0.3 is 27.0 Å². The van der Waals surface area contributed by atoms with Crippen LogP contribution < -0.4 is 16.8 Å². The Labute approximate surface area is 102 Å². The Kier molecular flexibility index (Phi) is 6.35. The predicted octanol–water partition coefficient (Wildman–Crippen LogP) is -2.38. The molecule has 0 saturated heterocycles. The number of rotatable bonds is 8. The molecule has 2 atom stereocenters. The summed E-state index contributed by atoms with van der Waals surface area (Å²) in [5.74, 6) is -4.21. The normalized spacial score (nSPS) is 13.4. The average Bonchev–Trinajstić information content (AvgIpc) is 2.23. The Morgan fingerprint density at radius 2 is 1.72 bits per heavy atom. The maximum atomic E-state index is 11.3. The second-order valence-electron chi connectivity index (χ2n) is 3.60. The maximum absolute atomic E-state index is 11.3. The minimum Gasteiger partial charge on any atom is -0.481 e. The van der Waals surface area contributed by atoms with E-state index in [-0.39, 0.29) is 6.42 Å². The summed E-state index contributed by atoms with van der Waals surface area (Å²) in [7, 11) is 0. The third-order valence-corrected chi connectivity index (χ3v) is 2.05. The van der Waals surface area contributed by atoms with Gasteiger partial charge in [-0.1, -0.05) is 0 Å². The van der Waals surface area contributed by atoms with Crippen molar-refractivity contribution in [1.82, 2.24) is 5.32 Å². The molecule has 0 bridgehead atoms. The van der Waals surface area contributed by atoms with Crippen LogP contribution in [0.2, 0.25) is 0 Å². The number of amides is 2. The molecular weight excluding hydrogens is 246 g/mol. The van der Waals surface area contributed by atoms with Crippen molar-refractivity contribution < 1.29 is 29.4 Å². The zero-order chi connectivity index (χ0) is 14.3. The van der Waals surface area contributed by atoms with Crippen LogP contribution in [-0.2, 0) is 19.2 Å². The molecule has 0 aromatic carbocycles. The van der Waals surface area contributed by atoms with Crippen LogP contribution in [0.1, 0.15) is 19.3 Å². The second kappa shape index (κ2) is 7.22. The largest absolute Gasteiger partial charge is 0.481 e. The van der Waals surface area contributed by atoms with E-state index in [2.05, 4.69) is 5.32 Å². The summed E-state index contributed by atoms with van der Waals surface area (Å²) in [5, 5.41) is 19.2. The highest BCUT2D eigenvalue weighted by Gasteiger charge is 2.22. The Balaban J connectivity index is 4.32. The van der Waals surface area contributed by atoms with Crippen molar-refractivity contribution in [2.24, 2.45) is 11.5 Å². The van der Waals surface area contributed by atoms with Crippen LogP contribution >= 0.6 is 0 Å². The van der Waals surface area contributed by atoms with Crippen LogP contribution in [-0.4, -0.2) is 46.0 Å². The van der Waals surface area contributed by atoms with E-state index in [0.29, 0.717) is 0 Å². The minimum absolute atomic E-state index is 0.262. The third kappa shape index (κ3) is 6.43. The fraction of sp³-hybridized carbons (Fsp3) is 0.556. The summed E-state index contributed by atoms with van der Waals surface area (Å²) in [6.07, 6.45) is -1.12. The van der Waals surface area contributed by atoms with Gasteiger partial charge in [-0.15, -0.1) is 0 Å². The van der Waals surface area contributed by atoms with E-state index in [9.17, 15) is 19.2 Å². The van der Waals surface area contributed by atoms with Crippen molar-refractivity contribution in [2.45, 2.75) is 31.3 Å². The van der Waals surface area contributed by atoms with E-state index in [1.807, 2.05) is 0 Å². The monoisotopic (exact) mass is 261 g/mol. The van der Waals surface area contributed by atoms with Crippen LogP contribution in [0, 0.1) is 0 Å². The molecule has 0 saturated carbocycles. The van der Waals surface area contributed by atoms with Crippen LogP contribution in [0.25, 0.3) is 0 Å². The summed E-state index contributed by atoms with van der Waals surface area (Å²) < 4.78 is 0. The van der Waals surface area contributed by atoms with Crippen LogP contribution in [0.15, 0.2) is 0 Å². The van der Waals surface area contributed by atoms with Crippen molar-refractivity contribution in [1.29, 1.82) is 0 Å². The standard InChI is InChI=1S/C9H15N3O6/c10-4(8(11)16)3-6(13)12-5(9(17)18)1-2-7(14)15/h4-5H,1-3,10H2,(H2,11,16)(H,12,13)(H,14,15)(H,17,18)/t4-,5?/m1/s1. The molecule has 0 rings (SSSR count). The fourth-order valence-electron chi connectivity index (χ4n) is 1.08. The molecule has 0 aliphatic rings. The number of carbonyl (C=O) groups is 4. The molecule has 18 heavy (non-hydrogen) atoms. The number of hydrogen-bond donors (Lipinski definition) is 5. The smallest absolute Gasteiger partial charge is 0.326 e. The zero-order valence-electron chi connectivity index (χ0n) is 9.46. The molecule has 0 fully saturated rings. The number of carboxylic acids is 2. The second-order valence-corrected chi connectivity index (χ2v) is 3.60. The van der Waals surface area contributed by atoms with Gasteiger partial charge in [-0.05, 0) is 6.42 Å². The highest BCUT2D eigenvalue weighted by atomic mass is 16.4. The van der Waals surface area contributed by atoms with Gasteiger partial charge in [-0.2, -0.15) is 0 Å². The summed E-state index contributed by atoms with van der Waals surface area (Å²) in [6.45, 7) is 0. The molecule has 0 aromatic heterocycles. The lowest BCUT2D eigenvalue weighted by Crippen LogP contribution is -2.46. The van der Waals surface area contributed by atoms with Gasteiger partial charge in [0.2, 0.25) is 11.8 Å². The lowest BCUT2D eigenvalue weighted by molar-refractivity contribution is -0.143. The van der Waals surface area contributed by atoms with Gasteiger partial charge >= 0.3 is 11.9 Å². The molecule has 7 N–H and O–H groups in total. The van der Waals surface area contributed by atoms with Crippen molar-refractivity contribution >= 4 is 23.8 Å². The van der Waals surface area contributed by atoms with Gasteiger partial charge in [-0.3, -0.25) is 14.4 Å². The van der Waals surface area contributed by atoms with E-state index >= 15 is 0 Å². The van der Waals surface area contributed by atoms with Crippen LogP contribution in [0.5, 0.6) is 0 Å². The number of carbonyl (C=O) groups excluding carboxylic acids is 2. The van der Waals surface area contributed by atoms with Gasteiger partial charge in [0.15, 0.2) is 0 Å². The first-order chi connectivity index (χ1) is 8.23. The van der Waals surface area contributed by atoms with Gasteiger partial charge in [-0.25, -0.2) is 4.79 Å². The summed E-state index contributed by atoms with van der Waals surface area (Å²) >= 11 is 0. The van der Waals surface area contributed by atoms with Crippen LogP contribution in [0.3, 0.4) is 0 Å². The first-order valence-electron chi connectivity index (χ1n) is 5.03. The zero-order valence-corrected chi connectivity index (χ0v) is 9.46. The van der Waals surface area contributed by atoms with Gasteiger partial charge in [0.05, 0.1) is 12.5 Å². The number of hydrogen-bond acceptors (Lipinski definition) is 5. The fourth-order valence-corrected chi connectivity index (χ4v) is 1.08. The quantitative estimate of drug-likeness (QED) is 0.324. The van der Waals surface area contributed by atoms with Gasteiger partial charge in [0.25, 0.3) is 0 Å². The summed E-state index contributed by atoms with van der Waals surface area (Å²) in [5.41, 5.74) is 10.0. The van der Waals surface area contributed by atoms with E-state index < -0.39 is 48.7 Å². The van der Waals surface area contributed by atoms with Crippen molar-refractivity contribution in [3.63, 3.8) is 0 Å². The molecule has 2 amide bonds. The highest BCUT2D eigenvalue weighted by molar-refractivity contribution is 5.89. The number of aliphatic carboxylic acids is 2. The lowest BCUT2D eigenvalue weighted by Gasteiger charge is -2.14. The topological polar surface area (TPSA) is 173 Å². The molecule has 0 heterocycles. The molecule has 0 aromatic rings. The van der Waals surface area contributed by atoms with E-state index in [1.165, 1.54) is 0 Å². The molecule has 0 spiro atoms. The van der Waals surface area contributed by atoms with E-state index in [1.54, 1.807) is 0 Å². The Morgan fingerprint density at radius 1 is 1.17 bits per heavy atom. The lowest BCUT2D eigenvalue weighted by atomic mass is 10.1. The number of nitrogens with two attached hydrogens (primary N) is 2. The molecule has 0 aliphatic carbocycles. The van der Waals surface area contributed by atoms with Gasteiger partial charge in [0.1, 0.15) is 6.04 Å². The molecule has 0 aliphatic heterocycles. The SMILES string of the molecule is NC(=O)[C@H](N)CC(=O)NC(CCC(=O)O)C(=O)O. The molecule has 1 unspecified atom stereocenters. The summed E-state index contributed by atoms with van der Waals surface area (Å²) in [4.78, 5) is 42.9. The third-order valence-electron chi connectivity index (χ3n) is 2.05. The molecule has 102 valence electrons. The first kappa shape index (κ1) is 15.8. The summed E-state index contributed by atoms with van der Waals surface area (Å²) in [6, 6.07) is -2.55. The van der Waals surface area contributed by atoms with Crippen LogP contribution in [0.4, 0.5) is 0 Å². The number of carboxylic acid groups (broad SMARTS) is 2. The molecule has 0 radical (unpaired) electrons. The van der Waals surface area contributed by atoms with Crippen molar-refractivity contribution in [3.8, 4) is 0 Å². The van der Waals surface area contributed by atoms with Gasteiger partial charge in [0, 0.05) is 6.42 Å². The highest BCUT2D eigenvalue weighted by Crippen LogP contribution is 1.99. The Bertz CT molecular complexity index is 356. The molecular formula is C9H15N3O6.